The second kappa shape index (κ2) is 8.20. The number of hydrogen-bond donors (Lipinski definition) is 1. The van der Waals surface area contributed by atoms with E-state index < -0.39 is 10.0 Å². The van der Waals surface area contributed by atoms with Crippen molar-refractivity contribution in [3.8, 4) is 0 Å². The number of aromatic nitrogens is 1. The lowest BCUT2D eigenvalue weighted by Gasteiger charge is -2.24. The Kier molecular flexibility index (Phi) is 6.51. The second-order valence-corrected chi connectivity index (χ2v) is 8.55. The highest BCUT2D eigenvalue weighted by molar-refractivity contribution is 7.89. The number of rotatable bonds is 8. The predicted octanol–water partition coefficient (Wildman–Crippen LogP) is 3.33. The van der Waals surface area contributed by atoms with Gasteiger partial charge in [-0.25, -0.2) is 18.5 Å². The van der Waals surface area contributed by atoms with Gasteiger partial charge in [0.1, 0.15) is 0 Å². The van der Waals surface area contributed by atoms with Crippen LogP contribution in [0.4, 0.5) is 0 Å². The number of hydrogen-bond acceptors (Lipinski definition) is 5. The van der Waals surface area contributed by atoms with Crippen LogP contribution in [0.15, 0.2) is 34.5 Å². The number of sulfonamides is 1. The first-order valence-electron chi connectivity index (χ1n) is 8.07. The van der Waals surface area contributed by atoms with E-state index in [1.165, 1.54) is 17.8 Å². The van der Waals surface area contributed by atoms with Crippen LogP contribution < -0.4 is 5.14 Å². The molecule has 0 saturated heterocycles. The molecule has 5 nitrogen and oxygen atoms in total. The average molecular weight is 368 g/mol. The highest BCUT2D eigenvalue weighted by atomic mass is 32.2. The van der Waals surface area contributed by atoms with E-state index in [1.807, 2.05) is 19.2 Å². The van der Waals surface area contributed by atoms with E-state index >= 15 is 0 Å². The molecule has 0 spiro atoms. The summed E-state index contributed by atoms with van der Waals surface area (Å²) in [6.45, 7) is 5.04. The van der Waals surface area contributed by atoms with Gasteiger partial charge in [0.25, 0.3) is 0 Å². The Morgan fingerprint density at radius 1 is 1.29 bits per heavy atom. The third-order valence-electron chi connectivity index (χ3n) is 4.11. The molecule has 24 heavy (non-hydrogen) atoms. The van der Waals surface area contributed by atoms with Gasteiger partial charge in [0.15, 0.2) is 0 Å². The number of benzene rings is 1. The van der Waals surface area contributed by atoms with Crippen LogP contribution in [0.1, 0.15) is 49.0 Å². The minimum Gasteiger partial charge on any atom is -0.294 e. The Bertz CT molecular complexity index is 754. The summed E-state index contributed by atoms with van der Waals surface area (Å²) >= 11 is 1.73. The molecule has 0 aliphatic heterocycles. The first-order valence-corrected chi connectivity index (χ1v) is 10.5. The molecule has 0 saturated carbocycles. The Morgan fingerprint density at radius 2 is 1.96 bits per heavy atom. The molecule has 2 aromatic rings. The maximum absolute atomic E-state index is 11.3. The molecule has 0 aliphatic carbocycles. The topological polar surface area (TPSA) is 76.3 Å². The Morgan fingerprint density at radius 3 is 2.54 bits per heavy atom. The maximum atomic E-state index is 11.3. The van der Waals surface area contributed by atoms with E-state index in [2.05, 4.69) is 24.1 Å². The fourth-order valence-electron chi connectivity index (χ4n) is 2.45. The molecule has 0 bridgehead atoms. The van der Waals surface area contributed by atoms with Crippen LogP contribution in [0.5, 0.6) is 0 Å². The largest absolute Gasteiger partial charge is 0.294 e. The van der Waals surface area contributed by atoms with Crippen molar-refractivity contribution in [1.29, 1.82) is 0 Å². The molecule has 0 aliphatic rings. The number of unbranched alkanes of at least 4 members (excludes halogenated alkanes) is 1. The molecule has 0 amide bonds. The summed E-state index contributed by atoms with van der Waals surface area (Å²) in [5.74, 6) is 0. The van der Waals surface area contributed by atoms with Crippen LogP contribution in [0.25, 0.3) is 0 Å². The molecular weight excluding hydrogens is 342 g/mol. The first-order chi connectivity index (χ1) is 11.3. The number of nitrogens with two attached hydrogens (primary N) is 1. The van der Waals surface area contributed by atoms with Gasteiger partial charge in [-0.3, -0.25) is 4.90 Å². The molecular formula is C17H25N3O2S2. The molecule has 1 atom stereocenters. The van der Waals surface area contributed by atoms with Crippen molar-refractivity contribution in [2.24, 2.45) is 5.14 Å². The summed E-state index contributed by atoms with van der Waals surface area (Å²) in [6, 6.07) is 6.89. The molecule has 2 rings (SSSR count). The van der Waals surface area contributed by atoms with Crippen molar-refractivity contribution in [1.82, 2.24) is 9.88 Å². The first kappa shape index (κ1) is 19.1. The van der Waals surface area contributed by atoms with Gasteiger partial charge in [-0.2, -0.15) is 0 Å². The van der Waals surface area contributed by atoms with Crippen LogP contribution in [-0.2, 0) is 23.0 Å². The smallest absolute Gasteiger partial charge is 0.238 e. The molecule has 132 valence electrons. The van der Waals surface area contributed by atoms with E-state index in [9.17, 15) is 8.42 Å². The summed E-state index contributed by atoms with van der Waals surface area (Å²) in [4.78, 5) is 7.03. The molecule has 1 aromatic carbocycles. The molecule has 0 radical (unpaired) electrons. The normalized spacial score (nSPS) is 13.4. The van der Waals surface area contributed by atoms with E-state index in [0.717, 1.165) is 24.2 Å². The molecule has 1 unspecified atom stereocenters. The zero-order valence-corrected chi connectivity index (χ0v) is 16.0. The van der Waals surface area contributed by atoms with Crippen LogP contribution in [0, 0.1) is 0 Å². The van der Waals surface area contributed by atoms with Crippen molar-refractivity contribution in [2.75, 3.05) is 7.05 Å². The van der Waals surface area contributed by atoms with Gasteiger partial charge in [-0.15, -0.1) is 11.3 Å². The van der Waals surface area contributed by atoms with Gasteiger partial charge in [-0.1, -0.05) is 25.5 Å². The van der Waals surface area contributed by atoms with Crippen LogP contribution >= 0.6 is 11.3 Å². The van der Waals surface area contributed by atoms with Crippen LogP contribution in [0.3, 0.4) is 0 Å². The summed E-state index contributed by atoms with van der Waals surface area (Å²) in [6.07, 6.45) is 3.41. The van der Waals surface area contributed by atoms with E-state index in [4.69, 9.17) is 10.1 Å². The monoisotopic (exact) mass is 367 g/mol. The predicted molar refractivity (Wildman–Crippen MR) is 98.4 cm³/mol. The number of nitrogens with zero attached hydrogens (tertiary/aromatic N) is 2. The van der Waals surface area contributed by atoms with Crippen LogP contribution in [-0.4, -0.2) is 25.3 Å². The Balaban J connectivity index is 2.01. The lowest BCUT2D eigenvalue weighted by molar-refractivity contribution is 0.250. The Hall–Kier alpha value is -1.28. The number of thiazole rings is 1. The summed E-state index contributed by atoms with van der Waals surface area (Å²) < 4.78 is 22.7. The van der Waals surface area contributed by atoms with E-state index in [0.29, 0.717) is 0 Å². The summed E-state index contributed by atoms with van der Waals surface area (Å²) in [5, 5.41) is 8.46. The zero-order valence-electron chi connectivity index (χ0n) is 14.4. The zero-order chi connectivity index (χ0) is 17.7. The van der Waals surface area contributed by atoms with Crippen molar-refractivity contribution < 1.29 is 8.42 Å². The van der Waals surface area contributed by atoms with Crippen molar-refractivity contribution >= 4 is 21.4 Å². The van der Waals surface area contributed by atoms with Gasteiger partial charge in [0.2, 0.25) is 10.0 Å². The highest BCUT2D eigenvalue weighted by Crippen LogP contribution is 2.23. The number of primary sulfonamides is 1. The standard InChI is InChI=1S/C17H25N3O2S2/c1-4-5-6-17-19-15(12-23-17)11-20(3)13(2)14-7-9-16(10-8-14)24(18,21)22/h7-10,12-13H,4-6,11H2,1-3H3,(H2,18,21,22). The second-order valence-electron chi connectivity index (χ2n) is 6.04. The third kappa shape index (κ3) is 5.11. The SMILES string of the molecule is CCCCc1nc(CN(C)C(C)c2ccc(S(N)(=O)=O)cc2)cs1. The highest BCUT2D eigenvalue weighted by Gasteiger charge is 2.15. The number of aryl methyl sites for hydroxylation is 1. The van der Waals surface area contributed by atoms with Crippen LogP contribution in [0.2, 0.25) is 0 Å². The van der Waals surface area contributed by atoms with E-state index in [-0.39, 0.29) is 10.9 Å². The molecule has 7 heteroatoms. The Labute approximate surface area is 148 Å². The van der Waals surface area contributed by atoms with Gasteiger partial charge in [0.05, 0.1) is 15.6 Å². The van der Waals surface area contributed by atoms with Gasteiger partial charge < -0.3 is 0 Å². The van der Waals surface area contributed by atoms with E-state index in [1.54, 1.807) is 23.5 Å². The molecule has 1 aromatic heterocycles. The lowest BCUT2D eigenvalue weighted by atomic mass is 10.1. The average Bonchev–Trinajstić information content (AvgIpc) is 2.98. The van der Waals surface area contributed by atoms with Crippen molar-refractivity contribution in [3.63, 3.8) is 0 Å². The maximum Gasteiger partial charge on any atom is 0.238 e. The summed E-state index contributed by atoms with van der Waals surface area (Å²) in [7, 11) is -1.60. The van der Waals surface area contributed by atoms with Gasteiger partial charge in [-0.05, 0) is 44.5 Å². The molecule has 1 heterocycles. The minimum atomic E-state index is -3.64. The molecule has 2 N–H and O–H groups in total. The van der Waals surface area contributed by atoms with Crippen molar-refractivity contribution in [2.45, 2.75) is 50.6 Å². The summed E-state index contributed by atoms with van der Waals surface area (Å²) in [5.41, 5.74) is 2.13. The fourth-order valence-corrected chi connectivity index (χ4v) is 3.79. The lowest BCUT2D eigenvalue weighted by Crippen LogP contribution is -2.22. The quantitative estimate of drug-likeness (QED) is 0.776. The third-order valence-corrected chi connectivity index (χ3v) is 5.99. The van der Waals surface area contributed by atoms with Gasteiger partial charge >= 0.3 is 0 Å². The molecule has 0 fully saturated rings. The van der Waals surface area contributed by atoms with Gasteiger partial charge in [0, 0.05) is 18.0 Å². The fraction of sp³-hybridized carbons (Fsp3) is 0.471. The van der Waals surface area contributed by atoms with Crippen molar-refractivity contribution in [3.05, 3.63) is 45.9 Å². The minimum absolute atomic E-state index is 0.140.